The Kier molecular flexibility index (Phi) is 7.31. The number of ether oxygens (including phenoxy) is 3. The predicted molar refractivity (Wildman–Crippen MR) is 136 cm³/mol. The van der Waals surface area contributed by atoms with Gasteiger partial charge in [0.15, 0.2) is 16.3 Å². The molecule has 4 rings (SSSR count). The number of thiazole rings is 1. The average Bonchev–Trinajstić information content (AvgIpc) is 3.17. The first-order chi connectivity index (χ1) is 17.0. The topological polar surface area (TPSA) is 79.1 Å². The van der Waals surface area contributed by atoms with Gasteiger partial charge in [-0.1, -0.05) is 59.9 Å². The lowest BCUT2D eigenvalue weighted by Crippen LogP contribution is -2.38. The Hall–Kier alpha value is -3.91. The van der Waals surface area contributed by atoms with Gasteiger partial charge in [-0.25, -0.2) is 9.79 Å². The third-order valence-corrected chi connectivity index (χ3v) is 6.52. The molecule has 0 amide bonds. The molecule has 0 N–H and O–H groups in total. The van der Waals surface area contributed by atoms with Crippen LogP contribution in [0.4, 0.5) is 0 Å². The van der Waals surface area contributed by atoms with Crippen molar-refractivity contribution in [3.05, 3.63) is 96.7 Å². The number of hydrogen-bond donors (Lipinski definition) is 0. The van der Waals surface area contributed by atoms with Gasteiger partial charge in [0, 0.05) is 0 Å². The highest BCUT2D eigenvalue weighted by atomic mass is 32.1. The molecule has 1 unspecified atom stereocenters. The van der Waals surface area contributed by atoms with Gasteiger partial charge >= 0.3 is 5.97 Å². The van der Waals surface area contributed by atoms with Crippen molar-refractivity contribution in [3.8, 4) is 11.5 Å². The number of rotatable bonds is 7. The number of hydrogen-bond acceptors (Lipinski definition) is 7. The molecule has 2 heterocycles. The molecule has 7 nitrogen and oxygen atoms in total. The molecule has 8 heteroatoms. The van der Waals surface area contributed by atoms with Crippen molar-refractivity contribution in [1.82, 2.24) is 4.57 Å². The zero-order chi connectivity index (χ0) is 24.9. The van der Waals surface area contributed by atoms with Crippen LogP contribution in [0.15, 0.2) is 75.7 Å². The first-order valence-corrected chi connectivity index (χ1v) is 11.9. The maximum absolute atomic E-state index is 13.6. The molecule has 0 saturated carbocycles. The normalized spacial score (nSPS) is 15.7. The highest BCUT2D eigenvalue weighted by molar-refractivity contribution is 7.07. The standard InChI is InChI=1S/C27H26N2O5S/c1-5-34-26(31)24-17(2)28-27-29(20(24)13-11-18-9-7-6-8-10-18)25(30)23(35-27)16-19-12-14-21(32-3)22(15-19)33-4/h6-16,20H,5H2,1-4H3/b13-11+,23-16+. The van der Waals surface area contributed by atoms with Crippen LogP contribution in [0.1, 0.15) is 31.0 Å². The van der Waals surface area contributed by atoms with Crippen LogP contribution in [0.3, 0.4) is 0 Å². The van der Waals surface area contributed by atoms with E-state index in [1.54, 1.807) is 50.8 Å². The lowest BCUT2D eigenvalue weighted by molar-refractivity contribution is -0.139. The fourth-order valence-electron chi connectivity index (χ4n) is 3.88. The Morgan fingerprint density at radius 1 is 1.09 bits per heavy atom. The van der Waals surface area contributed by atoms with Gasteiger partial charge in [-0.05, 0) is 43.2 Å². The second kappa shape index (κ2) is 10.6. The van der Waals surface area contributed by atoms with Crippen molar-refractivity contribution in [2.24, 2.45) is 4.99 Å². The molecule has 2 aromatic carbocycles. The molecule has 180 valence electrons. The van der Waals surface area contributed by atoms with Crippen molar-refractivity contribution in [2.75, 3.05) is 20.8 Å². The molecule has 0 aliphatic carbocycles. The second-order valence-electron chi connectivity index (χ2n) is 7.73. The van der Waals surface area contributed by atoms with Gasteiger partial charge in [-0.2, -0.15) is 0 Å². The van der Waals surface area contributed by atoms with E-state index in [9.17, 15) is 9.59 Å². The van der Waals surface area contributed by atoms with Gasteiger partial charge in [-0.3, -0.25) is 9.36 Å². The summed E-state index contributed by atoms with van der Waals surface area (Å²) in [5, 5.41) is 0. The molecular formula is C27H26N2O5S. The minimum absolute atomic E-state index is 0.231. The van der Waals surface area contributed by atoms with Crippen LogP contribution < -0.4 is 24.4 Å². The molecule has 3 aromatic rings. The van der Waals surface area contributed by atoms with E-state index in [1.165, 1.54) is 11.3 Å². The largest absolute Gasteiger partial charge is 0.493 e. The van der Waals surface area contributed by atoms with E-state index < -0.39 is 12.0 Å². The number of fused-ring (bicyclic) bond motifs is 1. The Bertz CT molecular complexity index is 1480. The number of nitrogens with zero attached hydrogens (tertiary/aromatic N) is 2. The minimum atomic E-state index is -0.641. The summed E-state index contributed by atoms with van der Waals surface area (Å²) in [6, 6.07) is 14.5. The van der Waals surface area contributed by atoms with E-state index in [-0.39, 0.29) is 12.2 Å². The van der Waals surface area contributed by atoms with Gasteiger partial charge in [0.25, 0.3) is 5.56 Å². The van der Waals surface area contributed by atoms with Crippen molar-refractivity contribution in [3.63, 3.8) is 0 Å². The van der Waals surface area contributed by atoms with Crippen molar-refractivity contribution >= 4 is 29.5 Å². The number of carbonyl (C=O) groups excluding carboxylic acids is 1. The summed E-state index contributed by atoms with van der Waals surface area (Å²) in [5.41, 5.74) is 2.39. The lowest BCUT2D eigenvalue weighted by atomic mass is 10.0. The van der Waals surface area contributed by atoms with Crippen LogP contribution in [-0.4, -0.2) is 31.4 Å². The number of carbonyl (C=O) groups is 1. The SMILES string of the molecule is CCOC(=O)C1=C(C)N=c2s/c(=C/c3ccc(OC)c(OC)c3)c(=O)n2C1/C=C/c1ccccc1. The Morgan fingerprint density at radius 2 is 1.83 bits per heavy atom. The molecule has 0 bridgehead atoms. The van der Waals surface area contributed by atoms with Gasteiger partial charge in [0.1, 0.15) is 0 Å². The Morgan fingerprint density at radius 3 is 2.51 bits per heavy atom. The van der Waals surface area contributed by atoms with E-state index >= 15 is 0 Å². The van der Waals surface area contributed by atoms with Crippen LogP contribution in [0.5, 0.6) is 11.5 Å². The average molecular weight is 491 g/mol. The molecule has 0 radical (unpaired) electrons. The third kappa shape index (κ3) is 4.97. The summed E-state index contributed by atoms with van der Waals surface area (Å²) in [7, 11) is 3.14. The van der Waals surface area contributed by atoms with Crippen molar-refractivity contribution in [1.29, 1.82) is 0 Å². The van der Waals surface area contributed by atoms with E-state index in [4.69, 9.17) is 14.2 Å². The van der Waals surface area contributed by atoms with Crippen LogP contribution in [-0.2, 0) is 9.53 Å². The molecule has 1 aliphatic heterocycles. The zero-order valence-electron chi connectivity index (χ0n) is 20.0. The molecule has 1 aliphatic rings. The zero-order valence-corrected chi connectivity index (χ0v) is 20.8. The van der Waals surface area contributed by atoms with E-state index in [2.05, 4.69) is 4.99 Å². The fraction of sp³-hybridized carbons (Fsp3) is 0.222. The van der Waals surface area contributed by atoms with Crippen molar-refractivity contribution in [2.45, 2.75) is 19.9 Å². The molecule has 1 aromatic heterocycles. The monoisotopic (exact) mass is 490 g/mol. The summed E-state index contributed by atoms with van der Waals surface area (Å²) < 4.78 is 18.0. The number of aromatic nitrogens is 1. The predicted octanol–water partition coefficient (Wildman–Crippen LogP) is 3.48. The fourth-order valence-corrected chi connectivity index (χ4v) is 4.93. The highest BCUT2D eigenvalue weighted by Crippen LogP contribution is 2.28. The van der Waals surface area contributed by atoms with Crippen LogP contribution in [0, 0.1) is 0 Å². The molecule has 0 saturated heterocycles. The van der Waals surface area contributed by atoms with Gasteiger partial charge < -0.3 is 14.2 Å². The highest BCUT2D eigenvalue weighted by Gasteiger charge is 2.30. The second-order valence-corrected chi connectivity index (χ2v) is 8.74. The Balaban J connectivity index is 1.86. The van der Waals surface area contributed by atoms with Gasteiger partial charge in [-0.15, -0.1) is 0 Å². The van der Waals surface area contributed by atoms with Crippen LogP contribution in [0.25, 0.3) is 12.2 Å². The molecular weight excluding hydrogens is 464 g/mol. The van der Waals surface area contributed by atoms with Crippen LogP contribution >= 0.6 is 11.3 Å². The summed E-state index contributed by atoms with van der Waals surface area (Å²) >= 11 is 1.27. The first kappa shape index (κ1) is 24.2. The summed E-state index contributed by atoms with van der Waals surface area (Å²) in [4.78, 5) is 31.5. The van der Waals surface area contributed by atoms with Crippen LogP contribution in [0.2, 0.25) is 0 Å². The summed E-state index contributed by atoms with van der Waals surface area (Å²) in [6.07, 6.45) is 5.53. The van der Waals surface area contributed by atoms with E-state index in [0.717, 1.165) is 11.1 Å². The minimum Gasteiger partial charge on any atom is -0.493 e. The van der Waals surface area contributed by atoms with E-state index in [0.29, 0.717) is 32.1 Å². The summed E-state index contributed by atoms with van der Waals surface area (Å²) in [5.74, 6) is 0.690. The molecule has 0 spiro atoms. The number of allylic oxidation sites excluding steroid dienone is 2. The molecule has 1 atom stereocenters. The van der Waals surface area contributed by atoms with E-state index in [1.807, 2.05) is 48.6 Å². The first-order valence-electron chi connectivity index (χ1n) is 11.1. The number of methoxy groups -OCH3 is 2. The third-order valence-electron chi connectivity index (χ3n) is 5.54. The number of esters is 1. The maximum Gasteiger partial charge on any atom is 0.338 e. The summed E-state index contributed by atoms with van der Waals surface area (Å²) in [6.45, 7) is 3.75. The Labute approximate surface area is 206 Å². The molecule has 0 fully saturated rings. The maximum atomic E-state index is 13.6. The number of benzene rings is 2. The van der Waals surface area contributed by atoms with Gasteiger partial charge in [0.05, 0.1) is 42.7 Å². The van der Waals surface area contributed by atoms with Gasteiger partial charge in [0.2, 0.25) is 0 Å². The van der Waals surface area contributed by atoms with Crippen molar-refractivity contribution < 1.29 is 19.0 Å². The molecule has 35 heavy (non-hydrogen) atoms. The smallest absolute Gasteiger partial charge is 0.338 e. The lowest BCUT2D eigenvalue weighted by Gasteiger charge is -2.21. The quantitative estimate of drug-likeness (QED) is 0.474.